The van der Waals surface area contributed by atoms with Crippen LogP contribution in [0, 0.1) is 6.92 Å². The van der Waals surface area contributed by atoms with Crippen molar-refractivity contribution >= 4 is 28.0 Å². The number of benzene rings is 2. The van der Waals surface area contributed by atoms with Gasteiger partial charge in [0.2, 0.25) is 0 Å². The number of rotatable bonds is 2. The van der Waals surface area contributed by atoms with E-state index in [4.69, 9.17) is 5.73 Å². The number of nitrogens with zero attached hydrogens (tertiary/aromatic N) is 1. The number of nitrogens with two attached hydrogens (primary N) is 1. The fraction of sp³-hybridized carbons (Fsp3) is 0.0625. The van der Waals surface area contributed by atoms with Gasteiger partial charge >= 0.3 is 0 Å². The molecule has 1 aromatic heterocycles. The molecule has 0 amide bonds. The second-order valence-electron chi connectivity index (χ2n) is 4.64. The van der Waals surface area contributed by atoms with Gasteiger partial charge in [-0.25, -0.2) is 4.98 Å². The highest BCUT2D eigenvalue weighted by Gasteiger charge is 2.02. The van der Waals surface area contributed by atoms with Gasteiger partial charge in [0.05, 0.1) is 5.69 Å². The van der Waals surface area contributed by atoms with Crippen molar-refractivity contribution in [3.63, 3.8) is 0 Å². The third kappa shape index (κ3) is 2.36. The average molecular weight is 249 g/mol. The fourth-order valence-electron chi connectivity index (χ4n) is 2.10. The summed E-state index contributed by atoms with van der Waals surface area (Å²) in [5, 5.41) is 5.67. The van der Waals surface area contributed by atoms with E-state index in [0.29, 0.717) is 11.5 Å². The predicted octanol–water partition coefficient (Wildman–Crippen LogP) is 3.87. The summed E-state index contributed by atoms with van der Waals surface area (Å²) in [7, 11) is 0. The summed E-state index contributed by atoms with van der Waals surface area (Å²) < 4.78 is 0. The molecular formula is C16H15N3. The van der Waals surface area contributed by atoms with Crippen molar-refractivity contribution in [3.8, 4) is 0 Å². The molecule has 3 N–H and O–H groups in total. The third-order valence-corrected chi connectivity index (χ3v) is 3.07. The smallest absolute Gasteiger partial charge is 0.153 e. The summed E-state index contributed by atoms with van der Waals surface area (Å²) in [5.74, 6) is 0.695. The van der Waals surface area contributed by atoms with Gasteiger partial charge in [0.15, 0.2) is 5.82 Å². The van der Waals surface area contributed by atoms with Gasteiger partial charge in [-0.3, -0.25) is 0 Å². The van der Waals surface area contributed by atoms with Crippen LogP contribution in [0.3, 0.4) is 0 Å². The van der Waals surface area contributed by atoms with Crippen LogP contribution in [0.2, 0.25) is 0 Å². The van der Waals surface area contributed by atoms with E-state index in [2.05, 4.69) is 34.6 Å². The minimum atomic E-state index is 0.660. The number of anilines is 3. The molecule has 0 bridgehead atoms. The highest BCUT2D eigenvalue weighted by molar-refractivity contribution is 5.86. The van der Waals surface area contributed by atoms with Crippen LogP contribution >= 0.6 is 0 Å². The minimum Gasteiger partial charge on any atom is -0.396 e. The Morgan fingerprint density at radius 2 is 1.79 bits per heavy atom. The van der Waals surface area contributed by atoms with Crippen molar-refractivity contribution < 1.29 is 0 Å². The Bertz CT molecular complexity index is 735. The van der Waals surface area contributed by atoms with Gasteiger partial charge in [0, 0.05) is 11.9 Å². The van der Waals surface area contributed by atoms with Crippen molar-refractivity contribution in [2.75, 3.05) is 11.1 Å². The van der Waals surface area contributed by atoms with Crippen LogP contribution in [0.5, 0.6) is 0 Å². The lowest BCUT2D eigenvalue weighted by Gasteiger charge is -2.09. The Balaban J connectivity index is 1.96. The second kappa shape index (κ2) is 4.61. The molecule has 3 rings (SSSR count). The van der Waals surface area contributed by atoms with Crippen LogP contribution in [0.25, 0.3) is 10.8 Å². The standard InChI is InChI=1S/C16H15N3/c1-11-8-15(17)16(18-10-11)19-14-7-6-12-4-2-3-5-13(12)9-14/h2-10H,17H2,1H3,(H,18,19). The van der Waals surface area contributed by atoms with Crippen LogP contribution in [0.4, 0.5) is 17.2 Å². The first-order valence-corrected chi connectivity index (χ1v) is 6.20. The van der Waals surface area contributed by atoms with Crippen molar-refractivity contribution in [2.24, 2.45) is 0 Å². The normalized spacial score (nSPS) is 10.6. The lowest BCUT2D eigenvalue weighted by molar-refractivity contribution is 1.26. The molecule has 94 valence electrons. The molecule has 0 aliphatic carbocycles. The fourth-order valence-corrected chi connectivity index (χ4v) is 2.10. The molecule has 3 aromatic rings. The molecule has 2 aromatic carbocycles. The topological polar surface area (TPSA) is 50.9 Å². The van der Waals surface area contributed by atoms with Crippen LogP contribution < -0.4 is 11.1 Å². The first-order chi connectivity index (χ1) is 9.22. The van der Waals surface area contributed by atoms with Crippen molar-refractivity contribution in [3.05, 3.63) is 60.3 Å². The van der Waals surface area contributed by atoms with E-state index in [1.54, 1.807) is 6.20 Å². The van der Waals surface area contributed by atoms with E-state index in [9.17, 15) is 0 Å². The molecule has 3 heteroatoms. The maximum atomic E-state index is 5.96. The van der Waals surface area contributed by atoms with E-state index in [1.165, 1.54) is 10.8 Å². The van der Waals surface area contributed by atoms with Gasteiger partial charge in [-0.1, -0.05) is 30.3 Å². The van der Waals surface area contributed by atoms with E-state index in [-0.39, 0.29) is 0 Å². The quantitative estimate of drug-likeness (QED) is 0.725. The first-order valence-electron chi connectivity index (χ1n) is 6.20. The zero-order valence-corrected chi connectivity index (χ0v) is 10.7. The molecule has 0 spiro atoms. The van der Waals surface area contributed by atoms with Gasteiger partial charge in [-0.2, -0.15) is 0 Å². The molecule has 0 radical (unpaired) electrons. The Labute approximate surface area is 112 Å². The van der Waals surface area contributed by atoms with Gasteiger partial charge in [-0.15, -0.1) is 0 Å². The van der Waals surface area contributed by atoms with E-state index < -0.39 is 0 Å². The molecule has 19 heavy (non-hydrogen) atoms. The number of hydrogen-bond acceptors (Lipinski definition) is 3. The Hall–Kier alpha value is -2.55. The number of pyridine rings is 1. The second-order valence-corrected chi connectivity index (χ2v) is 4.64. The Kier molecular flexibility index (Phi) is 2.80. The van der Waals surface area contributed by atoms with Crippen LogP contribution in [0.15, 0.2) is 54.7 Å². The van der Waals surface area contributed by atoms with Crippen molar-refractivity contribution in [1.29, 1.82) is 0 Å². The Morgan fingerprint density at radius 3 is 2.58 bits per heavy atom. The summed E-state index contributed by atoms with van der Waals surface area (Å²) in [6, 6.07) is 16.4. The van der Waals surface area contributed by atoms with Crippen LogP contribution in [0.1, 0.15) is 5.56 Å². The maximum absolute atomic E-state index is 5.96. The van der Waals surface area contributed by atoms with E-state index in [0.717, 1.165) is 11.3 Å². The first kappa shape index (κ1) is 11.5. The molecule has 0 saturated carbocycles. The molecular weight excluding hydrogens is 234 g/mol. The average Bonchev–Trinajstić information content (AvgIpc) is 2.42. The van der Waals surface area contributed by atoms with Gasteiger partial charge < -0.3 is 11.1 Å². The highest BCUT2D eigenvalue weighted by Crippen LogP contribution is 2.24. The van der Waals surface area contributed by atoms with Gasteiger partial charge in [0.25, 0.3) is 0 Å². The van der Waals surface area contributed by atoms with Crippen LogP contribution in [-0.2, 0) is 0 Å². The van der Waals surface area contributed by atoms with E-state index >= 15 is 0 Å². The number of nitrogen functional groups attached to an aromatic ring is 1. The number of fused-ring (bicyclic) bond motifs is 1. The highest BCUT2D eigenvalue weighted by atomic mass is 15.0. The zero-order chi connectivity index (χ0) is 13.2. The van der Waals surface area contributed by atoms with Gasteiger partial charge in [0.1, 0.15) is 0 Å². The molecule has 3 nitrogen and oxygen atoms in total. The zero-order valence-electron chi connectivity index (χ0n) is 10.7. The number of aryl methyl sites for hydroxylation is 1. The molecule has 1 heterocycles. The van der Waals surface area contributed by atoms with Crippen molar-refractivity contribution in [2.45, 2.75) is 6.92 Å². The number of aromatic nitrogens is 1. The summed E-state index contributed by atoms with van der Waals surface area (Å²) >= 11 is 0. The molecule has 0 aliphatic heterocycles. The minimum absolute atomic E-state index is 0.660. The van der Waals surface area contributed by atoms with Crippen molar-refractivity contribution in [1.82, 2.24) is 4.98 Å². The summed E-state index contributed by atoms with van der Waals surface area (Å²) in [4.78, 5) is 4.32. The lowest BCUT2D eigenvalue weighted by atomic mass is 10.1. The monoisotopic (exact) mass is 249 g/mol. The number of hydrogen-bond donors (Lipinski definition) is 2. The summed E-state index contributed by atoms with van der Waals surface area (Å²) in [6.45, 7) is 1.98. The maximum Gasteiger partial charge on any atom is 0.153 e. The summed E-state index contributed by atoms with van der Waals surface area (Å²) in [6.07, 6.45) is 1.81. The van der Waals surface area contributed by atoms with Crippen LogP contribution in [-0.4, -0.2) is 4.98 Å². The third-order valence-electron chi connectivity index (χ3n) is 3.07. The molecule has 0 fully saturated rings. The molecule has 0 saturated heterocycles. The van der Waals surface area contributed by atoms with Gasteiger partial charge in [-0.05, 0) is 41.5 Å². The SMILES string of the molecule is Cc1cnc(Nc2ccc3ccccc3c2)c(N)c1. The predicted molar refractivity (Wildman–Crippen MR) is 80.6 cm³/mol. The molecule has 0 atom stereocenters. The van der Waals surface area contributed by atoms with E-state index in [1.807, 2.05) is 31.2 Å². The lowest BCUT2D eigenvalue weighted by Crippen LogP contribution is -1.99. The molecule has 0 unspecified atom stereocenters. The molecule has 0 aliphatic rings. The number of nitrogens with one attached hydrogen (secondary N) is 1. The largest absolute Gasteiger partial charge is 0.396 e. The Morgan fingerprint density at radius 1 is 1.00 bits per heavy atom. The summed E-state index contributed by atoms with van der Waals surface area (Å²) in [5.41, 5.74) is 8.66.